The van der Waals surface area contributed by atoms with E-state index in [-0.39, 0.29) is 35.4 Å². The summed E-state index contributed by atoms with van der Waals surface area (Å²) in [6.07, 6.45) is -4.40. The molecule has 26 heavy (non-hydrogen) atoms. The average Bonchev–Trinajstić information content (AvgIpc) is 2.57. The minimum absolute atomic E-state index is 0.0879. The van der Waals surface area contributed by atoms with E-state index in [4.69, 9.17) is 5.73 Å². The highest BCUT2D eigenvalue weighted by molar-refractivity contribution is 5.95. The predicted molar refractivity (Wildman–Crippen MR) is 93.1 cm³/mol. The van der Waals surface area contributed by atoms with Crippen molar-refractivity contribution in [2.24, 2.45) is 5.92 Å². The lowest BCUT2D eigenvalue weighted by Crippen LogP contribution is -2.19. The molecule has 0 atom stereocenters. The molecule has 8 heteroatoms. The van der Waals surface area contributed by atoms with Gasteiger partial charge < -0.3 is 16.4 Å². The zero-order valence-electron chi connectivity index (χ0n) is 14.2. The van der Waals surface area contributed by atoms with Gasteiger partial charge in [-0.3, -0.25) is 4.79 Å². The van der Waals surface area contributed by atoms with Gasteiger partial charge in [0.25, 0.3) is 0 Å². The number of hydrogen-bond acceptors (Lipinski definition) is 3. The number of carbonyl (C=O) groups excluding carboxylic acids is 1. The number of nitrogens with two attached hydrogens (primary N) is 1. The third kappa shape index (κ3) is 4.65. The first-order chi connectivity index (χ1) is 12.1. The first kappa shape index (κ1) is 19.6. The minimum atomic E-state index is -4.40. The molecule has 0 spiro atoms. The maximum absolute atomic E-state index is 14.3. The second-order valence-electron chi connectivity index (χ2n) is 6.08. The lowest BCUT2D eigenvalue weighted by Gasteiger charge is -2.14. The van der Waals surface area contributed by atoms with Gasteiger partial charge in [-0.15, -0.1) is 0 Å². The standard InChI is InChI=1S/C18H19F4N3O/c1-10(2)17(26)25-14-8-7-13(15(19)16(14)23)24-9-11-3-5-12(6-4-11)18(20,21)22/h3-8,10,24H,9,23H2,1-2H3,(H,25,26). The molecule has 2 aromatic rings. The molecule has 0 bridgehead atoms. The normalized spacial score (nSPS) is 11.5. The van der Waals surface area contributed by atoms with Crippen molar-refractivity contribution in [3.63, 3.8) is 0 Å². The van der Waals surface area contributed by atoms with Gasteiger partial charge >= 0.3 is 6.18 Å². The Morgan fingerprint density at radius 1 is 1.08 bits per heavy atom. The number of alkyl halides is 3. The second kappa shape index (κ2) is 7.63. The van der Waals surface area contributed by atoms with Crippen LogP contribution in [0.4, 0.5) is 34.6 Å². The molecule has 4 N–H and O–H groups in total. The summed E-state index contributed by atoms with van der Waals surface area (Å²) >= 11 is 0. The predicted octanol–water partition coefficient (Wildman–Crippen LogP) is 4.63. The number of nitrogen functional groups attached to an aromatic ring is 1. The van der Waals surface area contributed by atoms with Gasteiger partial charge in [0, 0.05) is 12.5 Å². The summed E-state index contributed by atoms with van der Waals surface area (Å²) in [6.45, 7) is 3.51. The number of benzene rings is 2. The molecule has 0 aliphatic heterocycles. The smallest absolute Gasteiger partial charge is 0.395 e. The average molecular weight is 369 g/mol. The van der Waals surface area contributed by atoms with Crippen molar-refractivity contribution in [2.75, 3.05) is 16.4 Å². The number of nitrogens with one attached hydrogen (secondary N) is 2. The van der Waals surface area contributed by atoms with Gasteiger partial charge in [-0.1, -0.05) is 26.0 Å². The monoisotopic (exact) mass is 369 g/mol. The molecule has 0 aliphatic rings. The Morgan fingerprint density at radius 3 is 2.19 bits per heavy atom. The van der Waals surface area contributed by atoms with Crippen LogP contribution in [0.1, 0.15) is 25.0 Å². The molecular weight excluding hydrogens is 350 g/mol. The Labute approximate surface area is 148 Å². The van der Waals surface area contributed by atoms with Crippen LogP contribution in [0.3, 0.4) is 0 Å². The topological polar surface area (TPSA) is 67.2 Å². The summed E-state index contributed by atoms with van der Waals surface area (Å²) in [5, 5.41) is 5.32. The van der Waals surface area contributed by atoms with Crippen LogP contribution in [-0.2, 0) is 17.5 Å². The highest BCUT2D eigenvalue weighted by Crippen LogP contribution is 2.30. The van der Waals surface area contributed by atoms with Gasteiger partial charge in [0.05, 0.1) is 22.6 Å². The van der Waals surface area contributed by atoms with E-state index in [9.17, 15) is 22.4 Å². The largest absolute Gasteiger partial charge is 0.416 e. The van der Waals surface area contributed by atoms with Crippen LogP contribution in [0.5, 0.6) is 0 Å². The van der Waals surface area contributed by atoms with E-state index >= 15 is 0 Å². The van der Waals surface area contributed by atoms with E-state index in [0.29, 0.717) is 5.56 Å². The van der Waals surface area contributed by atoms with Crippen LogP contribution in [-0.4, -0.2) is 5.91 Å². The molecule has 1 amide bonds. The lowest BCUT2D eigenvalue weighted by molar-refractivity contribution is -0.137. The van der Waals surface area contributed by atoms with Crippen LogP contribution in [0.25, 0.3) is 0 Å². The summed E-state index contributed by atoms with van der Waals surface area (Å²) in [5.41, 5.74) is 5.56. The molecule has 0 unspecified atom stereocenters. The quantitative estimate of drug-likeness (QED) is 0.532. The fraction of sp³-hybridized carbons (Fsp3) is 0.278. The highest BCUT2D eigenvalue weighted by atomic mass is 19.4. The van der Waals surface area contributed by atoms with Gasteiger partial charge in [0.2, 0.25) is 5.91 Å². The molecule has 0 fully saturated rings. The third-order valence-corrected chi connectivity index (χ3v) is 3.73. The number of anilines is 3. The van der Waals surface area contributed by atoms with Crippen molar-refractivity contribution in [1.82, 2.24) is 0 Å². The maximum Gasteiger partial charge on any atom is 0.416 e. The van der Waals surface area contributed by atoms with E-state index in [2.05, 4.69) is 10.6 Å². The van der Waals surface area contributed by atoms with Crippen LogP contribution < -0.4 is 16.4 Å². The van der Waals surface area contributed by atoms with E-state index in [1.54, 1.807) is 13.8 Å². The molecule has 0 heterocycles. The molecule has 0 radical (unpaired) electrons. The number of amides is 1. The molecule has 2 rings (SSSR count). The van der Waals surface area contributed by atoms with Gasteiger partial charge in [-0.25, -0.2) is 4.39 Å². The molecule has 0 aliphatic carbocycles. The van der Waals surface area contributed by atoms with Crippen molar-refractivity contribution in [2.45, 2.75) is 26.6 Å². The SMILES string of the molecule is CC(C)C(=O)Nc1ccc(NCc2ccc(C(F)(F)F)cc2)c(F)c1N. The zero-order valence-corrected chi connectivity index (χ0v) is 14.2. The second-order valence-corrected chi connectivity index (χ2v) is 6.08. The van der Waals surface area contributed by atoms with Crippen LogP contribution in [0.2, 0.25) is 0 Å². The fourth-order valence-electron chi connectivity index (χ4n) is 2.12. The molecule has 2 aromatic carbocycles. The van der Waals surface area contributed by atoms with Crippen LogP contribution in [0.15, 0.2) is 36.4 Å². The summed E-state index contributed by atoms with van der Waals surface area (Å²) < 4.78 is 52.0. The van der Waals surface area contributed by atoms with Crippen molar-refractivity contribution in [3.8, 4) is 0 Å². The molecular formula is C18H19F4N3O. The Hall–Kier alpha value is -2.77. The zero-order chi connectivity index (χ0) is 19.5. The van der Waals surface area contributed by atoms with Gasteiger partial charge in [-0.2, -0.15) is 13.2 Å². The summed E-state index contributed by atoms with van der Waals surface area (Å²) in [6, 6.07) is 7.43. The van der Waals surface area contributed by atoms with Crippen LogP contribution in [0, 0.1) is 11.7 Å². The molecule has 0 aromatic heterocycles. The molecule has 0 saturated heterocycles. The number of rotatable bonds is 5. The van der Waals surface area contributed by atoms with Gasteiger partial charge in [-0.05, 0) is 29.8 Å². The van der Waals surface area contributed by atoms with Gasteiger partial charge in [0.15, 0.2) is 5.82 Å². The highest BCUT2D eigenvalue weighted by Gasteiger charge is 2.29. The summed E-state index contributed by atoms with van der Waals surface area (Å²) in [5.74, 6) is -1.31. The Balaban J connectivity index is 2.08. The molecule has 140 valence electrons. The van der Waals surface area contributed by atoms with Crippen molar-refractivity contribution in [3.05, 3.63) is 53.3 Å². The summed E-state index contributed by atoms with van der Waals surface area (Å²) in [7, 11) is 0. The number of hydrogen-bond donors (Lipinski definition) is 3. The fourth-order valence-corrected chi connectivity index (χ4v) is 2.12. The maximum atomic E-state index is 14.3. The molecule has 0 saturated carbocycles. The van der Waals surface area contributed by atoms with Crippen molar-refractivity contribution in [1.29, 1.82) is 0 Å². The van der Waals surface area contributed by atoms with Gasteiger partial charge in [0.1, 0.15) is 0 Å². The van der Waals surface area contributed by atoms with Crippen LogP contribution >= 0.6 is 0 Å². The van der Waals surface area contributed by atoms with Crippen molar-refractivity contribution < 1.29 is 22.4 Å². The minimum Gasteiger partial charge on any atom is -0.395 e. The number of halogens is 4. The molecule has 4 nitrogen and oxygen atoms in total. The van der Waals surface area contributed by atoms with E-state index < -0.39 is 17.6 Å². The Kier molecular flexibility index (Phi) is 5.74. The Morgan fingerprint density at radius 2 is 1.65 bits per heavy atom. The van der Waals surface area contributed by atoms with E-state index in [0.717, 1.165) is 12.1 Å². The summed E-state index contributed by atoms with van der Waals surface area (Å²) in [4.78, 5) is 11.7. The van der Waals surface area contributed by atoms with E-state index in [1.807, 2.05) is 0 Å². The Bertz CT molecular complexity index is 786. The first-order valence-electron chi connectivity index (χ1n) is 7.88. The number of carbonyl (C=O) groups is 1. The first-order valence-corrected chi connectivity index (χ1v) is 7.88. The van der Waals surface area contributed by atoms with E-state index in [1.165, 1.54) is 24.3 Å². The third-order valence-electron chi connectivity index (χ3n) is 3.73. The van der Waals surface area contributed by atoms with Crippen molar-refractivity contribution >= 4 is 23.0 Å². The lowest BCUT2D eigenvalue weighted by atomic mass is 10.1.